The number of methoxy groups -OCH3 is 2. The van der Waals surface area contributed by atoms with E-state index >= 15 is 0 Å². The molecule has 4 N–H and O–H groups in total. The molecule has 2 saturated heterocycles. The summed E-state index contributed by atoms with van der Waals surface area (Å²) in [5.41, 5.74) is 11.7. The number of ether oxygens (including phenoxy) is 2. The molecule has 20 nitrogen and oxygen atoms in total. The summed E-state index contributed by atoms with van der Waals surface area (Å²) in [5.74, 6) is 1.95. The third-order valence-corrected chi connectivity index (χ3v) is 20.1. The van der Waals surface area contributed by atoms with E-state index in [4.69, 9.17) is 19.4 Å². The fraction of sp³-hybridized carbons (Fsp3) is 0.458. The van der Waals surface area contributed by atoms with E-state index in [1.807, 2.05) is 12.5 Å². The van der Waals surface area contributed by atoms with Crippen molar-refractivity contribution in [1.29, 1.82) is 0 Å². The number of benzene rings is 3. The molecule has 5 aliphatic carbocycles. The zero-order valence-corrected chi connectivity index (χ0v) is 51.2. The Morgan fingerprint density at radius 3 is 1.63 bits per heavy atom. The number of H-pyrrole nitrogens is 2. The molecule has 5 aromatic rings. The van der Waals surface area contributed by atoms with E-state index in [-0.39, 0.29) is 62.9 Å². The van der Waals surface area contributed by atoms with E-state index in [9.17, 15) is 36.0 Å². The number of amides is 4. The van der Waals surface area contributed by atoms with Crippen LogP contribution in [0.3, 0.4) is 0 Å². The van der Waals surface area contributed by atoms with E-state index in [1.54, 1.807) is 45.7 Å². The first-order valence-electron chi connectivity index (χ1n) is 27.8. The molecule has 83 heavy (non-hydrogen) atoms. The maximum Gasteiger partial charge on any atom is 0.407 e. The number of hydrogen-bond donors (Lipinski definition) is 4. The first kappa shape index (κ1) is 61.1. The van der Waals surface area contributed by atoms with Crippen LogP contribution < -0.4 is 10.6 Å². The molecule has 12 rings (SSSR count). The van der Waals surface area contributed by atoms with E-state index < -0.39 is 56.4 Å². The second-order valence-corrected chi connectivity index (χ2v) is 27.6. The number of allylic oxidation sites excluding steroid dienone is 4. The van der Waals surface area contributed by atoms with Gasteiger partial charge in [0.2, 0.25) is 31.9 Å². The molecule has 4 bridgehead atoms. The highest BCUT2D eigenvalue weighted by Gasteiger charge is 2.41. The highest BCUT2D eigenvalue weighted by Crippen LogP contribution is 2.42. The van der Waals surface area contributed by atoms with Crippen LogP contribution in [0.1, 0.15) is 85.4 Å². The standard InChI is InChI=1S/C59H74N10O10S4/c1-37-30-45-11-9-38(31-46(45)40-12-17-42(18-13-40)50-33-60-54(62-50)52-35-66(82(6,74)75)24-26-68(52)56(70)48(22-28-80-4)64-58(72)78-2)8-10-39-16-21-44(37)32-47(39)41-14-19-43(20-15-41)51-34-61-55(63-51)53-36-67(83(7,76)77)25-27-69(53)57(71)49(23-29-81-5)65-59(73)79-3/h9,12-21,31-34,37,45,48-49,52-53H,8,10-11,22-30,35-36H2,1-7H3,(H,60,62)(H,61,63)(H,64,72)(H,65,73)/t37-,45-,48+,49+,52+,53+/m1/s1. The number of aromatic nitrogens is 4. The molecule has 444 valence electrons. The van der Waals surface area contributed by atoms with Crippen molar-refractivity contribution >= 4 is 73.1 Å². The van der Waals surface area contributed by atoms with Gasteiger partial charge in [-0.15, -0.1) is 0 Å². The van der Waals surface area contributed by atoms with Gasteiger partial charge in [-0.3, -0.25) is 9.59 Å². The number of carbonyl (C=O) groups excluding carboxylic acids is 4. The maximum atomic E-state index is 14.1. The van der Waals surface area contributed by atoms with Gasteiger partial charge >= 0.3 is 12.2 Å². The first-order chi connectivity index (χ1) is 39.8. The van der Waals surface area contributed by atoms with Gasteiger partial charge in [0, 0.05) is 39.3 Å². The fourth-order valence-electron chi connectivity index (χ4n) is 11.6. The summed E-state index contributed by atoms with van der Waals surface area (Å²) >= 11 is 3.10. The highest BCUT2D eigenvalue weighted by molar-refractivity contribution is 7.98. The lowest BCUT2D eigenvalue weighted by molar-refractivity contribution is -0.138. The topological polar surface area (TPSA) is 249 Å². The molecule has 4 amide bonds. The number of thioether (sulfide) groups is 2. The second kappa shape index (κ2) is 26.6. The lowest BCUT2D eigenvalue weighted by Gasteiger charge is -2.40. The van der Waals surface area contributed by atoms with Crippen LogP contribution in [0.2, 0.25) is 0 Å². The number of aryl methyl sites for hydroxylation is 1. The van der Waals surface area contributed by atoms with Crippen LogP contribution in [0.15, 0.2) is 96.8 Å². The minimum atomic E-state index is -3.58. The van der Waals surface area contributed by atoms with Crippen LogP contribution in [-0.2, 0) is 45.5 Å². The summed E-state index contributed by atoms with van der Waals surface area (Å²) in [6.45, 7) is 2.78. The minimum absolute atomic E-state index is 0.00444. The van der Waals surface area contributed by atoms with Gasteiger partial charge in [0.25, 0.3) is 0 Å². The van der Waals surface area contributed by atoms with Crippen molar-refractivity contribution in [3.05, 3.63) is 125 Å². The molecule has 4 heterocycles. The quantitative estimate of drug-likeness (QED) is 0.0653. The largest absolute Gasteiger partial charge is 0.453 e. The molecule has 7 aliphatic rings. The molecule has 2 aromatic heterocycles. The number of imidazole rings is 2. The highest BCUT2D eigenvalue weighted by atomic mass is 32.2. The van der Waals surface area contributed by atoms with E-state index in [2.05, 4.69) is 106 Å². The molecule has 0 spiro atoms. The Balaban J connectivity index is 0.910. The van der Waals surface area contributed by atoms with Crippen LogP contribution in [0.4, 0.5) is 9.59 Å². The van der Waals surface area contributed by atoms with Crippen molar-refractivity contribution < 1.29 is 45.5 Å². The number of hydrogen-bond acceptors (Lipinski definition) is 14. The average molecular weight is 1210 g/mol. The third-order valence-electron chi connectivity index (χ3n) is 16.3. The molecule has 24 heteroatoms. The van der Waals surface area contributed by atoms with Crippen LogP contribution in [0, 0.1) is 5.92 Å². The molecular formula is C59H74N10O10S4. The number of rotatable bonds is 18. The molecule has 0 saturated carbocycles. The Morgan fingerprint density at radius 1 is 0.675 bits per heavy atom. The predicted molar refractivity (Wildman–Crippen MR) is 325 cm³/mol. The Hall–Kier alpha value is -6.44. The van der Waals surface area contributed by atoms with Gasteiger partial charge in [-0.2, -0.15) is 32.1 Å². The Bertz CT molecular complexity index is 3460. The van der Waals surface area contributed by atoms with E-state index in [1.165, 1.54) is 50.7 Å². The normalized spacial score (nSPS) is 20.6. The number of nitrogens with one attached hydrogen (secondary N) is 4. The van der Waals surface area contributed by atoms with Crippen molar-refractivity contribution in [3.63, 3.8) is 0 Å². The monoisotopic (exact) mass is 1210 g/mol. The van der Waals surface area contributed by atoms with Crippen molar-refractivity contribution in [2.45, 2.75) is 75.5 Å². The molecular weight excluding hydrogens is 1140 g/mol. The predicted octanol–water partition coefficient (Wildman–Crippen LogP) is 7.85. The summed E-state index contributed by atoms with van der Waals surface area (Å²) in [7, 11) is -4.68. The van der Waals surface area contributed by atoms with Crippen molar-refractivity contribution in [1.82, 2.24) is 49.0 Å². The van der Waals surface area contributed by atoms with Gasteiger partial charge in [0.05, 0.1) is 50.5 Å². The Kier molecular flexibility index (Phi) is 19.6. The zero-order chi connectivity index (χ0) is 59.2. The van der Waals surface area contributed by atoms with Gasteiger partial charge in [-0.05, 0) is 119 Å². The molecule has 2 fully saturated rings. The number of alkyl carbamates (subject to hydrolysis) is 2. The van der Waals surface area contributed by atoms with Gasteiger partial charge in [0.1, 0.15) is 35.8 Å². The average Bonchev–Trinajstić information content (AvgIpc) is 4.16. The van der Waals surface area contributed by atoms with Gasteiger partial charge in [-0.25, -0.2) is 36.4 Å². The van der Waals surface area contributed by atoms with Crippen LogP contribution in [0.25, 0.3) is 39.2 Å². The summed E-state index contributed by atoms with van der Waals surface area (Å²) < 4.78 is 63.6. The zero-order valence-electron chi connectivity index (χ0n) is 47.9. The SMILES string of the molecule is COC(=O)N[C@@H](CCSC)C(=O)N1CCN(S(C)(=O)=O)C[C@H]1c1ncc(-c2ccc(C3=CC4=CC[C@@H]3C[C@@H](C)c3ccc(c(-c5ccc(-c6cnc([C@@H]7CN(S(C)(=O)=O)CCN7C(=O)[C@H](CCSC)NC(=O)OC)[nH]6)cc5)c3)CC4)cc2)[nH]1. The molecule has 2 aliphatic heterocycles. The number of nitrogens with zero attached hydrogens (tertiary/aromatic N) is 6. The molecule has 0 radical (unpaired) electrons. The maximum absolute atomic E-state index is 14.1. The first-order valence-corrected chi connectivity index (χ1v) is 34.3. The van der Waals surface area contributed by atoms with Gasteiger partial charge < -0.3 is 39.9 Å². The summed E-state index contributed by atoms with van der Waals surface area (Å²) in [6, 6.07) is 20.5. The summed E-state index contributed by atoms with van der Waals surface area (Å²) in [5, 5.41) is 5.35. The van der Waals surface area contributed by atoms with Crippen LogP contribution >= 0.6 is 23.5 Å². The van der Waals surface area contributed by atoms with Gasteiger partial charge in [0.15, 0.2) is 0 Å². The van der Waals surface area contributed by atoms with Crippen molar-refractivity contribution in [2.24, 2.45) is 5.92 Å². The van der Waals surface area contributed by atoms with Crippen molar-refractivity contribution in [2.75, 3.05) is 90.0 Å². The van der Waals surface area contributed by atoms with Crippen molar-refractivity contribution in [3.8, 4) is 33.6 Å². The van der Waals surface area contributed by atoms with E-state index in [0.717, 1.165) is 66.1 Å². The molecule has 6 atom stereocenters. The molecule has 3 aromatic carbocycles. The third kappa shape index (κ3) is 14.4. The van der Waals surface area contributed by atoms with Crippen LogP contribution in [0.5, 0.6) is 0 Å². The lowest BCUT2D eigenvalue weighted by Crippen LogP contribution is -2.57. The minimum Gasteiger partial charge on any atom is -0.453 e. The number of carbonyl (C=O) groups is 4. The summed E-state index contributed by atoms with van der Waals surface area (Å²) in [6.07, 6.45) is 17.2. The molecule has 0 unspecified atom stereocenters. The number of aromatic amines is 2. The number of sulfonamides is 2. The fourth-order valence-corrected chi connectivity index (χ4v) is 14.2. The summed E-state index contributed by atoms with van der Waals surface area (Å²) in [4.78, 5) is 72.4. The van der Waals surface area contributed by atoms with Crippen LogP contribution in [-0.4, -0.2) is 181 Å². The second-order valence-electron chi connectivity index (χ2n) is 21.7. The Morgan fingerprint density at radius 2 is 1.16 bits per heavy atom. The smallest absolute Gasteiger partial charge is 0.407 e. The Labute approximate surface area is 495 Å². The lowest BCUT2D eigenvalue weighted by atomic mass is 9.76. The number of piperazine rings is 2. The van der Waals surface area contributed by atoms with Gasteiger partial charge in [-0.1, -0.05) is 91.4 Å². The van der Waals surface area contributed by atoms with E-state index in [0.29, 0.717) is 41.7 Å².